The summed E-state index contributed by atoms with van der Waals surface area (Å²) in [6.45, 7) is -0.126. The van der Waals surface area contributed by atoms with Gasteiger partial charge in [0.2, 0.25) is 15.9 Å². The standard InChI is InChI=1S/C25H27N3O6S2/c1-26(2)35(30,31)23-12-13-24-19(16-23)14-15-27(24)25(29)18-28(20-8-7-9-21(17-20)34-3)36(32,33)22-10-5-4-6-11-22/h4-13,16-17H,14-15,18H2,1-3H3. The summed E-state index contributed by atoms with van der Waals surface area (Å²) in [6.07, 6.45) is 0.461. The normalized spacial score (nSPS) is 13.5. The Hall–Kier alpha value is -3.41. The fraction of sp³-hybridized carbons (Fsp3) is 0.240. The Morgan fingerprint density at radius 2 is 1.61 bits per heavy atom. The maximum absolute atomic E-state index is 13.6. The number of sulfonamides is 2. The Labute approximate surface area is 211 Å². The number of hydrogen-bond acceptors (Lipinski definition) is 6. The van der Waals surface area contributed by atoms with E-state index in [1.165, 1.54) is 44.3 Å². The van der Waals surface area contributed by atoms with Gasteiger partial charge in [-0.15, -0.1) is 0 Å². The lowest BCUT2D eigenvalue weighted by molar-refractivity contribution is -0.117. The summed E-state index contributed by atoms with van der Waals surface area (Å²) in [5, 5.41) is 0. The van der Waals surface area contributed by atoms with Gasteiger partial charge >= 0.3 is 0 Å². The molecule has 1 aliphatic heterocycles. The molecule has 0 atom stereocenters. The molecule has 3 aromatic carbocycles. The van der Waals surface area contributed by atoms with Gasteiger partial charge in [0.05, 0.1) is 22.6 Å². The summed E-state index contributed by atoms with van der Waals surface area (Å²) in [5.41, 5.74) is 1.57. The fourth-order valence-corrected chi connectivity index (χ4v) is 6.40. The molecule has 0 unspecified atom stereocenters. The van der Waals surface area contributed by atoms with Crippen LogP contribution in [-0.2, 0) is 31.3 Å². The average molecular weight is 530 g/mol. The van der Waals surface area contributed by atoms with Gasteiger partial charge in [0, 0.05) is 32.4 Å². The minimum Gasteiger partial charge on any atom is -0.497 e. The molecular formula is C25H27N3O6S2. The molecule has 36 heavy (non-hydrogen) atoms. The molecule has 0 bridgehead atoms. The Morgan fingerprint density at radius 1 is 0.889 bits per heavy atom. The van der Waals surface area contributed by atoms with E-state index in [2.05, 4.69) is 0 Å². The summed E-state index contributed by atoms with van der Waals surface area (Å²) in [7, 11) is -3.30. The third-order valence-corrected chi connectivity index (χ3v) is 9.58. The first-order valence-corrected chi connectivity index (χ1v) is 14.0. The first-order chi connectivity index (χ1) is 17.1. The molecule has 3 aromatic rings. The average Bonchev–Trinajstić information content (AvgIpc) is 3.31. The Bertz CT molecular complexity index is 1490. The molecule has 0 spiro atoms. The van der Waals surface area contributed by atoms with Gasteiger partial charge in [-0.2, -0.15) is 0 Å². The monoisotopic (exact) mass is 529 g/mol. The second-order valence-corrected chi connectivity index (χ2v) is 12.4. The molecule has 1 aliphatic rings. The van der Waals surface area contributed by atoms with Crippen molar-refractivity contribution in [3.05, 3.63) is 78.4 Å². The number of amides is 1. The highest BCUT2D eigenvalue weighted by Crippen LogP contribution is 2.32. The van der Waals surface area contributed by atoms with Crippen LogP contribution in [0.5, 0.6) is 5.75 Å². The molecule has 9 nitrogen and oxygen atoms in total. The first kappa shape index (κ1) is 25.7. The van der Waals surface area contributed by atoms with E-state index < -0.39 is 32.5 Å². The van der Waals surface area contributed by atoms with E-state index >= 15 is 0 Å². The SMILES string of the molecule is COc1cccc(N(CC(=O)N2CCc3cc(S(=O)(=O)N(C)C)ccc32)S(=O)(=O)c2ccccc2)c1. The number of fused-ring (bicyclic) bond motifs is 1. The van der Waals surface area contributed by atoms with E-state index in [9.17, 15) is 21.6 Å². The number of ether oxygens (including phenoxy) is 1. The minimum absolute atomic E-state index is 0.0565. The Kier molecular flexibility index (Phi) is 7.07. The number of methoxy groups -OCH3 is 1. The van der Waals surface area contributed by atoms with Gasteiger partial charge in [0.15, 0.2) is 0 Å². The van der Waals surface area contributed by atoms with Crippen molar-refractivity contribution in [2.45, 2.75) is 16.2 Å². The topological polar surface area (TPSA) is 104 Å². The van der Waals surface area contributed by atoms with E-state index in [4.69, 9.17) is 4.74 Å². The van der Waals surface area contributed by atoms with Crippen molar-refractivity contribution in [1.29, 1.82) is 0 Å². The van der Waals surface area contributed by atoms with Crippen LogP contribution in [0.2, 0.25) is 0 Å². The molecule has 11 heteroatoms. The number of carbonyl (C=O) groups is 1. The van der Waals surface area contributed by atoms with Gasteiger partial charge in [-0.1, -0.05) is 24.3 Å². The van der Waals surface area contributed by atoms with Crippen LogP contribution < -0.4 is 13.9 Å². The number of anilines is 2. The van der Waals surface area contributed by atoms with Crippen molar-refractivity contribution in [2.24, 2.45) is 0 Å². The maximum Gasteiger partial charge on any atom is 0.264 e. The van der Waals surface area contributed by atoms with Crippen molar-refractivity contribution in [3.63, 3.8) is 0 Å². The molecular weight excluding hydrogens is 502 g/mol. The zero-order chi connectivity index (χ0) is 26.1. The molecule has 0 saturated heterocycles. The van der Waals surface area contributed by atoms with Crippen molar-refractivity contribution in [2.75, 3.05) is 43.5 Å². The molecule has 0 aromatic heterocycles. The summed E-state index contributed by atoms with van der Waals surface area (Å²) in [5.74, 6) is 0.0219. The Morgan fingerprint density at radius 3 is 2.28 bits per heavy atom. The quantitative estimate of drug-likeness (QED) is 0.445. The van der Waals surface area contributed by atoms with Crippen LogP contribution in [-0.4, -0.2) is 61.3 Å². The van der Waals surface area contributed by atoms with Crippen LogP contribution in [0, 0.1) is 0 Å². The van der Waals surface area contributed by atoms with Crippen molar-refractivity contribution in [3.8, 4) is 5.75 Å². The fourth-order valence-electron chi connectivity index (χ4n) is 4.02. The molecule has 4 rings (SSSR count). The van der Waals surface area contributed by atoms with E-state index in [0.717, 1.165) is 8.61 Å². The second kappa shape index (κ2) is 9.92. The highest BCUT2D eigenvalue weighted by molar-refractivity contribution is 7.92. The number of carbonyl (C=O) groups excluding carboxylic acids is 1. The van der Waals surface area contributed by atoms with Gasteiger partial charge in [-0.3, -0.25) is 9.10 Å². The number of benzene rings is 3. The first-order valence-electron chi connectivity index (χ1n) is 11.1. The van der Waals surface area contributed by atoms with Crippen molar-refractivity contribution >= 4 is 37.3 Å². The molecule has 1 amide bonds. The van der Waals surface area contributed by atoms with Gasteiger partial charge in [0.25, 0.3) is 10.0 Å². The zero-order valence-corrected chi connectivity index (χ0v) is 21.8. The lowest BCUT2D eigenvalue weighted by Crippen LogP contribution is -2.42. The molecule has 0 radical (unpaired) electrons. The summed E-state index contributed by atoms with van der Waals surface area (Å²) in [6, 6.07) is 19.0. The highest BCUT2D eigenvalue weighted by atomic mass is 32.2. The zero-order valence-electron chi connectivity index (χ0n) is 20.2. The molecule has 0 N–H and O–H groups in total. The highest BCUT2D eigenvalue weighted by Gasteiger charge is 2.32. The molecule has 0 saturated carbocycles. The predicted octanol–water partition coefficient (Wildman–Crippen LogP) is 2.73. The van der Waals surface area contributed by atoms with Gasteiger partial charge in [-0.25, -0.2) is 21.1 Å². The summed E-state index contributed by atoms with van der Waals surface area (Å²) in [4.78, 5) is 15.2. The van der Waals surface area contributed by atoms with E-state index in [1.807, 2.05) is 0 Å². The lowest BCUT2D eigenvalue weighted by atomic mass is 10.2. The van der Waals surface area contributed by atoms with Gasteiger partial charge in [-0.05, 0) is 54.4 Å². The Balaban J connectivity index is 1.69. The van der Waals surface area contributed by atoms with E-state index in [0.29, 0.717) is 35.7 Å². The summed E-state index contributed by atoms with van der Waals surface area (Å²) >= 11 is 0. The van der Waals surface area contributed by atoms with Crippen LogP contribution in [0.25, 0.3) is 0 Å². The molecule has 0 aliphatic carbocycles. The van der Waals surface area contributed by atoms with Crippen LogP contribution in [0.3, 0.4) is 0 Å². The van der Waals surface area contributed by atoms with Crippen molar-refractivity contribution < 1.29 is 26.4 Å². The third kappa shape index (κ3) is 4.81. The maximum atomic E-state index is 13.6. The van der Waals surface area contributed by atoms with E-state index in [-0.39, 0.29) is 9.79 Å². The largest absolute Gasteiger partial charge is 0.497 e. The predicted molar refractivity (Wildman–Crippen MR) is 137 cm³/mol. The second-order valence-electron chi connectivity index (χ2n) is 8.40. The molecule has 0 fully saturated rings. The third-order valence-electron chi connectivity index (χ3n) is 5.98. The molecule has 190 valence electrons. The van der Waals surface area contributed by atoms with Crippen LogP contribution in [0.1, 0.15) is 5.56 Å². The lowest BCUT2D eigenvalue weighted by Gasteiger charge is -2.27. The van der Waals surface area contributed by atoms with Crippen LogP contribution in [0.15, 0.2) is 82.6 Å². The van der Waals surface area contributed by atoms with Gasteiger partial charge in [0.1, 0.15) is 12.3 Å². The minimum atomic E-state index is -4.07. The number of nitrogens with zero attached hydrogens (tertiary/aromatic N) is 3. The number of rotatable bonds is 8. The van der Waals surface area contributed by atoms with Crippen molar-refractivity contribution in [1.82, 2.24) is 4.31 Å². The summed E-state index contributed by atoms with van der Waals surface area (Å²) < 4.78 is 59.7. The number of hydrogen-bond donors (Lipinski definition) is 0. The van der Waals surface area contributed by atoms with E-state index in [1.54, 1.807) is 54.6 Å². The van der Waals surface area contributed by atoms with Crippen LogP contribution >= 0.6 is 0 Å². The van der Waals surface area contributed by atoms with Gasteiger partial charge < -0.3 is 9.64 Å². The smallest absolute Gasteiger partial charge is 0.264 e. The molecule has 1 heterocycles. The van der Waals surface area contributed by atoms with Crippen LogP contribution in [0.4, 0.5) is 11.4 Å².